The Morgan fingerprint density at radius 1 is 1.03 bits per heavy atom. The van der Waals surface area contributed by atoms with E-state index < -0.39 is 15.8 Å². The van der Waals surface area contributed by atoms with Gasteiger partial charge in [-0.3, -0.25) is 9.10 Å². The number of hydrogen-bond acceptors (Lipinski definition) is 5. The maximum absolute atomic E-state index is 13.2. The first kappa shape index (κ1) is 22.8. The molecule has 0 atom stereocenters. The molecule has 0 saturated heterocycles. The lowest BCUT2D eigenvalue weighted by Crippen LogP contribution is -2.26. The van der Waals surface area contributed by atoms with Gasteiger partial charge in [0, 0.05) is 11.7 Å². The molecule has 1 aromatic heterocycles. The molecule has 6 nitrogen and oxygen atoms in total. The molecule has 0 radical (unpaired) electrons. The quantitative estimate of drug-likeness (QED) is 0.396. The van der Waals surface area contributed by atoms with E-state index in [1.165, 1.54) is 37.6 Å². The second kappa shape index (κ2) is 8.84. The van der Waals surface area contributed by atoms with Crippen molar-refractivity contribution in [1.82, 2.24) is 0 Å². The van der Waals surface area contributed by atoms with E-state index in [1.54, 1.807) is 30.3 Å². The zero-order valence-electron chi connectivity index (χ0n) is 18.1. The molecule has 0 aliphatic heterocycles. The topological polar surface area (TPSA) is 75.7 Å². The molecule has 1 amide bonds. The summed E-state index contributed by atoms with van der Waals surface area (Å²) in [6, 6.07) is 17.1. The minimum absolute atomic E-state index is 0.0102. The third kappa shape index (κ3) is 4.55. The average molecular weight is 485 g/mol. The number of nitrogens with one attached hydrogen (secondary N) is 1. The summed E-state index contributed by atoms with van der Waals surface area (Å²) in [5.74, 6) is -0.232. The van der Waals surface area contributed by atoms with Crippen molar-refractivity contribution in [3.05, 3.63) is 83.0 Å². The summed E-state index contributed by atoms with van der Waals surface area (Å²) in [6.07, 6.45) is 0. The van der Waals surface area contributed by atoms with Crippen LogP contribution in [-0.4, -0.2) is 28.5 Å². The van der Waals surface area contributed by atoms with E-state index >= 15 is 0 Å². The van der Waals surface area contributed by atoms with Crippen molar-refractivity contribution in [1.29, 1.82) is 0 Å². The van der Waals surface area contributed by atoms with Crippen LogP contribution in [0, 0.1) is 12.7 Å². The van der Waals surface area contributed by atoms with Crippen molar-refractivity contribution in [2.45, 2.75) is 11.8 Å². The summed E-state index contributed by atoms with van der Waals surface area (Å²) in [6.45, 7) is 1.92. The Labute approximate surface area is 195 Å². The number of sulfonamides is 1. The van der Waals surface area contributed by atoms with Crippen LogP contribution in [0.3, 0.4) is 0 Å². The number of carbonyl (C=O) groups excluding carboxylic acids is 1. The van der Waals surface area contributed by atoms with Crippen LogP contribution in [0.2, 0.25) is 0 Å². The summed E-state index contributed by atoms with van der Waals surface area (Å²) in [4.78, 5) is 13.3. The van der Waals surface area contributed by atoms with Crippen molar-refractivity contribution in [3.63, 3.8) is 0 Å². The normalized spacial score (nSPS) is 11.4. The molecule has 33 heavy (non-hydrogen) atoms. The van der Waals surface area contributed by atoms with Gasteiger partial charge in [0.1, 0.15) is 11.6 Å². The first-order chi connectivity index (χ1) is 15.7. The van der Waals surface area contributed by atoms with Gasteiger partial charge in [-0.15, -0.1) is 11.3 Å². The van der Waals surface area contributed by atoms with Crippen molar-refractivity contribution >= 4 is 48.7 Å². The van der Waals surface area contributed by atoms with Gasteiger partial charge in [-0.2, -0.15) is 0 Å². The predicted molar refractivity (Wildman–Crippen MR) is 129 cm³/mol. The van der Waals surface area contributed by atoms with Crippen LogP contribution < -0.4 is 14.4 Å². The zero-order valence-corrected chi connectivity index (χ0v) is 19.8. The molecule has 1 N–H and O–H groups in total. The number of amides is 1. The Kier molecular flexibility index (Phi) is 6.09. The van der Waals surface area contributed by atoms with Crippen LogP contribution in [0.1, 0.15) is 15.2 Å². The van der Waals surface area contributed by atoms with Gasteiger partial charge in [-0.05, 0) is 78.5 Å². The fourth-order valence-corrected chi connectivity index (χ4v) is 5.47. The highest BCUT2D eigenvalue weighted by Gasteiger charge is 2.22. The molecule has 3 aromatic carbocycles. The van der Waals surface area contributed by atoms with E-state index in [4.69, 9.17) is 4.74 Å². The molecule has 0 saturated carbocycles. The highest BCUT2D eigenvalue weighted by atomic mass is 32.2. The molecule has 0 aliphatic carbocycles. The SMILES string of the molecule is COc1ccc(C)cc1NC(=O)c1cc2cc(N(C)S(=O)(=O)c3ccc(F)cc3)ccc2s1. The molecule has 9 heteroatoms. The number of rotatable bonds is 6. The molecule has 0 aliphatic rings. The van der Waals surface area contributed by atoms with Gasteiger partial charge in [-0.1, -0.05) is 6.07 Å². The molecule has 4 aromatic rings. The first-order valence-electron chi connectivity index (χ1n) is 9.93. The van der Waals surface area contributed by atoms with Gasteiger partial charge >= 0.3 is 0 Å². The monoisotopic (exact) mass is 484 g/mol. The molecule has 0 unspecified atom stereocenters. The van der Waals surface area contributed by atoms with Gasteiger partial charge in [0.2, 0.25) is 0 Å². The molecule has 170 valence electrons. The number of anilines is 2. The number of carbonyl (C=O) groups is 1. The summed E-state index contributed by atoms with van der Waals surface area (Å²) < 4.78 is 46.3. The predicted octanol–water partition coefficient (Wildman–Crippen LogP) is 5.43. The molecule has 0 bridgehead atoms. The third-order valence-electron chi connectivity index (χ3n) is 5.16. The fraction of sp³-hybridized carbons (Fsp3) is 0.125. The molecular formula is C24H21FN2O4S2. The van der Waals surface area contributed by atoms with Gasteiger partial charge < -0.3 is 10.1 Å². The molecule has 4 rings (SSSR count). The Morgan fingerprint density at radius 3 is 2.45 bits per heavy atom. The Hall–Kier alpha value is -3.43. The third-order valence-corrected chi connectivity index (χ3v) is 8.08. The second-order valence-corrected chi connectivity index (χ2v) is 10.5. The van der Waals surface area contributed by atoms with E-state index in [9.17, 15) is 17.6 Å². The molecule has 0 fully saturated rings. The lowest BCUT2D eigenvalue weighted by atomic mass is 10.2. The number of nitrogens with zero attached hydrogens (tertiary/aromatic N) is 1. The summed E-state index contributed by atoms with van der Waals surface area (Å²) in [5, 5.41) is 3.61. The second-order valence-electron chi connectivity index (χ2n) is 7.42. The summed E-state index contributed by atoms with van der Waals surface area (Å²) in [7, 11) is -0.889. The number of aryl methyl sites for hydroxylation is 1. The average Bonchev–Trinajstić information content (AvgIpc) is 3.22. The Balaban J connectivity index is 1.62. The number of thiophene rings is 1. The lowest BCUT2D eigenvalue weighted by molar-refractivity contribution is 0.103. The molecule has 1 heterocycles. The summed E-state index contributed by atoms with van der Waals surface area (Å²) in [5.41, 5.74) is 1.99. The van der Waals surface area contributed by atoms with Crippen LogP contribution in [0.25, 0.3) is 10.1 Å². The van der Waals surface area contributed by atoms with Gasteiger partial charge in [0.15, 0.2) is 0 Å². The lowest BCUT2D eigenvalue weighted by Gasteiger charge is -2.19. The minimum Gasteiger partial charge on any atom is -0.495 e. The van der Waals surface area contributed by atoms with Gasteiger partial charge in [-0.25, -0.2) is 12.8 Å². The maximum atomic E-state index is 13.2. The van der Waals surface area contributed by atoms with Crippen LogP contribution in [0.15, 0.2) is 71.6 Å². The van der Waals surface area contributed by atoms with E-state index in [-0.39, 0.29) is 10.8 Å². The summed E-state index contributed by atoms with van der Waals surface area (Å²) >= 11 is 1.31. The van der Waals surface area contributed by atoms with Crippen LogP contribution in [0.4, 0.5) is 15.8 Å². The maximum Gasteiger partial charge on any atom is 0.265 e. The van der Waals surface area contributed by atoms with Crippen molar-refractivity contribution in [2.75, 3.05) is 23.8 Å². The zero-order chi connectivity index (χ0) is 23.8. The standard InChI is InChI=1S/C24H21FN2O4S2/c1-15-4-10-21(31-3)20(12-15)26-24(28)23-14-16-13-18(7-11-22(16)32-23)27(2)33(29,30)19-8-5-17(25)6-9-19/h4-14H,1-3H3,(H,26,28). The Bertz CT molecular complexity index is 1450. The highest BCUT2D eigenvalue weighted by Crippen LogP contribution is 2.32. The van der Waals surface area contributed by atoms with Crippen LogP contribution in [-0.2, 0) is 10.0 Å². The number of methoxy groups -OCH3 is 1. The number of benzene rings is 3. The smallest absolute Gasteiger partial charge is 0.265 e. The highest BCUT2D eigenvalue weighted by molar-refractivity contribution is 7.92. The molecular weight excluding hydrogens is 463 g/mol. The Morgan fingerprint density at radius 2 is 1.76 bits per heavy atom. The van der Waals surface area contributed by atoms with Crippen molar-refractivity contribution < 1.29 is 22.3 Å². The van der Waals surface area contributed by atoms with Crippen LogP contribution in [0.5, 0.6) is 5.75 Å². The number of hydrogen-bond donors (Lipinski definition) is 1. The van der Waals surface area contributed by atoms with Crippen LogP contribution >= 0.6 is 11.3 Å². The van der Waals surface area contributed by atoms with E-state index in [0.717, 1.165) is 32.1 Å². The van der Waals surface area contributed by atoms with Crippen molar-refractivity contribution in [2.24, 2.45) is 0 Å². The largest absolute Gasteiger partial charge is 0.495 e. The van der Waals surface area contributed by atoms with E-state index in [0.29, 0.717) is 22.0 Å². The fourth-order valence-electron chi connectivity index (χ4n) is 3.35. The number of ether oxygens (including phenoxy) is 1. The minimum atomic E-state index is -3.86. The van der Waals surface area contributed by atoms with E-state index in [2.05, 4.69) is 5.32 Å². The first-order valence-corrected chi connectivity index (χ1v) is 12.2. The van der Waals surface area contributed by atoms with E-state index in [1.807, 2.05) is 19.1 Å². The van der Waals surface area contributed by atoms with Gasteiger partial charge in [0.25, 0.3) is 15.9 Å². The van der Waals surface area contributed by atoms with Gasteiger partial charge in [0.05, 0.1) is 28.3 Å². The molecule has 0 spiro atoms. The van der Waals surface area contributed by atoms with Crippen molar-refractivity contribution in [3.8, 4) is 5.75 Å². The number of fused-ring (bicyclic) bond motifs is 1. The number of halogens is 1.